The maximum Gasteiger partial charge on any atom is 0.222 e. The van der Waals surface area contributed by atoms with Crippen LogP contribution in [0.2, 0.25) is 0 Å². The third-order valence-corrected chi connectivity index (χ3v) is 6.18. The molecule has 0 amide bonds. The number of hydrogen-bond acceptors (Lipinski definition) is 8. The molecule has 9 heteroatoms. The molecule has 150 valence electrons. The second-order valence-electron chi connectivity index (χ2n) is 7.43. The van der Waals surface area contributed by atoms with E-state index < -0.39 is 0 Å². The fourth-order valence-electron chi connectivity index (χ4n) is 3.61. The highest BCUT2D eigenvalue weighted by Crippen LogP contribution is 2.34. The SMILES string of the molecule is COc1nc(C(C)C)ccc1-c1cnc2sc(N3CCC(O)CC3CN)nn12. The summed E-state index contributed by atoms with van der Waals surface area (Å²) in [7, 11) is 1.63. The predicted octanol–water partition coefficient (Wildman–Crippen LogP) is 2.27. The van der Waals surface area contributed by atoms with Crippen molar-refractivity contribution in [2.24, 2.45) is 5.73 Å². The number of piperidine rings is 1. The van der Waals surface area contributed by atoms with Crippen molar-refractivity contribution in [3.63, 3.8) is 0 Å². The number of fused-ring (bicyclic) bond motifs is 1. The van der Waals surface area contributed by atoms with Gasteiger partial charge in [-0.25, -0.2) is 14.5 Å². The zero-order chi connectivity index (χ0) is 19.8. The van der Waals surface area contributed by atoms with Gasteiger partial charge in [0.1, 0.15) is 0 Å². The lowest BCUT2D eigenvalue weighted by Crippen LogP contribution is -2.48. The van der Waals surface area contributed by atoms with Crippen molar-refractivity contribution in [1.82, 2.24) is 19.6 Å². The molecule has 0 radical (unpaired) electrons. The molecule has 0 aliphatic carbocycles. The Morgan fingerprint density at radius 1 is 1.39 bits per heavy atom. The summed E-state index contributed by atoms with van der Waals surface area (Å²) in [4.78, 5) is 12.2. The molecule has 4 heterocycles. The molecule has 3 aromatic rings. The largest absolute Gasteiger partial charge is 0.480 e. The van der Waals surface area contributed by atoms with Gasteiger partial charge in [0.25, 0.3) is 0 Å². The highest BCUT2D eigenvalue weighted by molar-refractivity contribution is 7.20. The first kappa shape index (κ1) is 19.1. The van der Waals surface area contributed by atoms with Gasteiger partial charge < -0.3 is 20.5 Å². The van der Waals surface area contributed by atoms with Crippen LogP contribution in [0.3, 0.4) is 0 Å². The van der Waals surface area contributed by atoms with Crippen LogP contribution in [0, 0.1) is 0 Å². The van der Waals surface area contributed by atoms with E-state index in [1.165, 1.54) is 11.3 Å². The number of hydrogen-bond donors (Lipinski definition) is 2. The second-order valence-corrected chi connectivity index (χ2v) is 8.37. The third-order valence-electron chi connectivity index (χ3n) is 5.22. The van der Waals surface area contributed by atoms with E-state index in [1.807, 2.05) is 16.6 Å². The lowest BCUT2D eigenvalue weighted by molar-refractivity contribution is 0.129. The summed E-state index contributed by atoms with van der Waals surface area (Å²) in [5, 5.41) is 15.6. The quantitative estimate of drug-likeness (QED) is 0.675. The van der Waals surface area contributed by atoms with Crippen LogP contribution in [0.15, 0.2) is 18.3 Å². The molecule has 1 fully saturated rings. The van der Waals surface area contributed by atoms with E-state index in [1.54, 1.807) is 13.3 Å². The first-order valence-corrected chi connectivity index (χ1v) is 10.4. The Morgan fingerprint density at radius 3 is 2.93 bits per heavy atom. The molecule has 0 saturated carbocycles. The minimum absolute atomic E-state index is 0.0876. The van der Waals surface area contributed by atoms with Crippen molar-refractivity contribution in [3.05, 3.63) is 24.0 Å². The van der Waals surface area contributed by atoms with Crippen molar-refractivity contribution in [2.45, 2.75) is 44.8 Å². The minimum atomic E-state index is -0.292. The first-order valence-electron chi connectivity index (χ1n) is 9.56. The van der Waals surface area contributed by atoms with E-state index in [-0.39, 0.29) is 12.1 Å². The maximum absolute atomic E-state index is 9.95. The number of aliphatic hydroxyl groups excluding tert-OH is 1. The lowest BCUT2D eigenvalue weighted by atomic mass is 10.0. The van der Waals surface area contributed by atoms with Crippen LogP contribution in [-0.4, -0.2) is 57.0 Å². The van der Waals surface area contributed by atoms with Crippen molar-refractivity contribution >= 4 is 21.4 Å². The van der Waals surface area contributed by atoms with E-state index in [4.69, 9.17) is 15.6 Å². The Bertz CT molecular complexity index is 969. The monoisotopic (exact) mass is 402 g/mol. The molecular weight excluding hydrogens is 376 g/mol. The lowest BCUT2D eigenvalue weighted by Gasteiger charge is -2.36. The van der Waals surface area contributed by atoms with Gasteiger partial charge in [0.05, 0.1) is 30.7 Å². The summed E-state index contributed by atoms with van der Waals surface area (Å²) >= 11 is 1.53. The summed E-state index contributed by atoms with van der Waals surface area (Å²) in [6.45, 7) is 5.44. The van der Waals surface area contributed by atoms with Gasteiger partial charge in [0.15, 0.2) is 0 Å². The molecule has 8 nitrogen and oxygen atoms in total. The highest BCUT2D eigenvalue weighted by atomic mass is 32.1. The molecule has 2 atom stereocenters. The van der Waals surface area contributed by atoms with Crippen LogP contribution >= 0.6 is 11.3 Å². The molecule has 1 saturated heterocycles. The fraction of sp³-hybridized carbons (Fsp3) is 0.526. The topological polar surface area (TPSA) is 102 Å². The van der Waals surface area contributed by atoms with Gasteiger partial charge in [-0.3, -0.25) is 0 Å². The Morgan fingerprint density at radius 2 is 2.21 bits per heavy atom. The zero-order valence-electron chi connectivity index (χ0n) is 16.4. The smallest absolute Gasteiger partial charge is 0.222 e. The molecule has 0 spiro atoms. The van der Waals surface area contributed by atoms with Crippen LogP contribution in [0.4, 0.5) is 5.13 Å². The Labute approximate surface area is 168 Å². The normalized spacial score (nSPS) is 20.3. The van der Waals surface area contributed by atoms with Crippen LogP contribution in [0.5, 0.6) is 5.88 Å². The zero-order valence-corrected chi connectivity index (χ0v) is 17.2. The average Bonchev–Trinajstić information content (AvgIpc) is 3.28. The van der Waals surface area contributed by atoms with Gasteiger partial charge in [-0.15, -0.1) is 5.10 Å². The first-order chi connectivity index (χ1) is 13.5. The summed E-state index contributed by atoms with van der Waals surface area (Å²) < 4.78 is 7.39. The number of nitrogens with two attached hydrogens (primary N) is 1. The number of aliphatic hydroxyl groups is 1. The fourth-order valence-corrected chi connectivity index (χ4v) is 4.59. The Balaban J connectivity index is 1.73. The molecule has 1 aliphatic rings. The number of imidazole rings is 1. The van der Waals surface area contributed by atoms with E-state index >= 15 is 0 Å². The van der Waals surface area contributed by atoms with Gasteiger partial charge >= 0.3 is 0 Å². The van der Waals surface area contributed by atoms with Gasteiger partial charge in [-0.1, -0.05) is 25.2 Å². The molecule has 4 rings (SSSR count). The number of methoxy groups -OCH3 is 1. The molecule has 0 aromatic carbocycles. The van der Waals surface area contributed by atoms with Gasteiger partial charge in [0, 0.05) is 24.8 Å². The van der Waals surface area contributed by atoms with Crippen molar-refractivity contribution < 1.29 is 9.84 Å². The third kappa shape index (κ3) is 3.34. The van der Waals surface area contributed by atoms with Crippen molar-refractivity contribution in [1.29, 1.82) is 0 Å². The number of pyridine rings is 1. The molecule has 0 bridgehead atoms. The van der Waals surface area contributed by atoms with Crippen molar-refractivity contribution in [3.8, 4) is 17.1 Å². The van der Waals surface area contributed by atoms with Gasteiger partial charge in [-0.05, 0) is 30.9 Å². The number of anilines is 1. The van der Waals surface area contributed by atoms with E-state index in [9.17, 15) is 5.11 Å². The molecule has 3 aromatic heterocycles. The molecular formula is C19H26N6O2S. The van der Waals surface area contributed by atoms with Gasteiger partial charge in [-0.2, -0.15) is 0 Å². The molecule has 1 aliphatic heterocycles. The summed E-state index contributed by atoms with van der Waals surface area (Å²) in [6.07, 6.45) is 2.90. The maximum atomic E-state index is 9.95. The summed E-state index contributed by atoms with van der Waals surface area (Å²) in [5.41, 5.74) is 8.63. The predicted molar refractivity (Wildman–Crippen MR) is 110 cm³/mol. The number of rotatable bonds is 5. The number of aromatic nitrogens is 4. The van der Waals surface area contributed by atoms with Crippen LogP contribution in [0.25, 0.3) is 16.2 Å². The molecule has 3 N–H and O–H groups in total. The molecule has 28 heavy (non-hydrogen) atoms. The second kappa shape index (κ2) is 7.65. The van der Waals surface area contributed by atoms with E-state index in [0.717, 1.165) is 40.0 Å². The van der Waals surface area contributed by atoms with Crippen LogP contribution in [-0.2, 0) is 0 Å². The van der Waals surface area contributed by atoms with E-state index in [0.29, 0.717) is 24.8 Å². The standard InChI is InChI=1S/C19H26N6O2S/c1-11(2)15-5-4-14(17(22-15)27-3)16-10-21-18-25(16)23-19(28-18)24-7-6-13(26)8-12(24)9-20/h4-5,10-13,26H,6-9,20H2,1-3H3. The van der Waals surface area contributed by atoms with Crippen LogP contribution < -0.4 is 15.4 Å². The van der Waals surface area contributed by atoms with Crippen LogP contribution in [0.1, 0.15) is 38.3 Å². The Kier molecular flexibility index (Phi) is 5.22. The van der Waals surface area contributed by atoms with Gasteiger partial charge in [0.2, 0.25) is 16.0 Å². The van der Waals surface area contributed by atoms with Crippen molar-refractivity contribution in [2.75, 3.05) is 25.1 Å². The minimum Gasteiger partial charge on any atom is -0.480 e. The highest BCUT2D eigenvalue weighted by Gasteiger charge is 2.29. The summed E-state index contributed by atoms with van der Waals surface area (Å²) in [5.74, 6) is 0.894. The van der Waals surface area contributed by atoms with E-state index in [2.05, 4.69) is 28.7 Å². The summed E-state index contributed by atoms with van der Waals surface area (Å²) in [6, 6.07) is 4.12. The number of nitrogens with zero attached hydrogens (tertiary/aromatic N) is 5. The number of ether oxygens (including phenoxy) is 1. The average molecular weight is 403 g/mol. The Hall–Kier alpha value is -2.23. The molecule has 2 unspecified atom stereocenters.